The summed E-state index contributed by atoms with van der Waals surface area (Å²) in [6.07, 6.45) is 1.26. The van der Waals surface area contributed by atoms with Crippen LogP contribution in [0.1, 0.15) is 40.5 Å². The van der Waals surface area contributed by atoms with Crippen LogP contribution in [0.25, 0.3) is 0 Å². The molecule has 0 rings (SSSR count). The quantitative estimate of drug-likeness (QED) is 0.753. The van der Waals surface area contributed by atoms with Gasteiger partial charge in [-0.15, -0.1) is 0 Å². The fourth-order valence-corrected chi connectivity index (χ4v) is 1.39. The summed E-state index contributed by atoms with van der Waals surface area (Å²) >= 11 is 0. The van der Waals surface area contributed by atoms with Crippen molar-refractivity contribution in [3.8, 4) is 0 Å². The topological polar surface area (TPSA) is 84.9 Å². The molecule has 1 N–H and O–H groups in total. The maximum atomic E-state index is 11.9. The number of esters is 1. The Balaban J connectivity index is 0. The molecule has 0 aliphatic heterocycles. The molecule has 0 aliphatic carbocycles. The number of amides is 2. The Morgan fingerprint density at radius 3 is 2.00 bits per heavy atom. The number of nitrogens with zero attached hydrogens (tertiary/aromatic N) is 1. The first-order chi connectivity index (χ1) is 9.89. The molecule has 21 heavy (non-hydrogen) atoms. The fourth-order valence-electron chi connectivity index (χ4n) is 1.39. The summed E-state index contributed by atoms with van der Waals surface area (Å²) in [7, 11) is 2.47. The Kier molecular flexibility index (Phi) is 13.5. The number of rotatable bonds is 6. The second kappa shape index (κ2) is 13.2. The van der Waals surface area contributed by atoms with E-state index >= 15 is 0 Å². The standard InChI is InChI=1S/C11H20N2O5.C3H8/c1-5-6-13(8(2)10(15)17-3)9(14)7-12-11(16)18-4;1-3-2/h8H,5-7H2,1-4H3,(H,12,16);3H2,1-2H3. The van der Waals surface area contributed by atoms with E-state index < -0.39 is 18.1 Å². The molecule has 7 heteroatoms. The first kappa shape index (κ1) is 21.5. The lowest BCUT2D eigenvalue weighted by Crippen LogP contribution is -2.48. The molecule has 1 unspecified atom stereocenters. The van der Waals surface area contributed by atoms with Crippen molar-refractivity contribution in [1.29, 1.82) is 0 Å². The Bertz CT molecular complexity index is 320. The van der Waals surface area contributed by atoms with Crippen LogP contribution in [0.15, 0.2) is 0 Å². The SMILES string of the molecule is CCC.CCCN(C(=O)CNC(=O)OC)C(C)C(=O)OC. The molecule has 0 spiro atoms. The Labute approximate surface area is 127 Å². The van der Waals surface area contributed by atoms with E-state index in [0.717, 1.165) is 0 Å². The monoisotopic (exact) mass is 304 g/mol. The summed E-state index contributed by atoms with van der Waals surface area (Å²) in [6, 6.07) is -0.679. The lowest BCUT2D eigenvalue weighted by atomic mass is 10.2. The summed E-state index contributed by atoms with van der Waals surface area (Å²) in [5.41, 5.74) is 0. The smallest absolute Gasteiger partial charge is 0.407 e. The van der Waals surface area contributed by atoms with Crippen LogP contribution in [0.5, 0.6) is 0 Å². The van der Waals surface area contributed by atoms with Crippen LogP contribution in [0, 0.1) is 0 Å². The Morgan fingerprint density at radius 1 is 1.10 bits per heavy atom. The van der Waals surface area contributed by atoms with Gasteiger partial charge < -0.3 is 19.7 Å². The third kappa shape index (κ3) is 9.70. The van der Waals surface area contributed by atoms with Gasteiger partial charge in [-0.25, -0.2) is 9.59 Å². The van der Waals surface area contributed by atoms with Gasteiger partial charge in [0.25, 0.3) is 0 Å². The van der Waals surface area contributed by atoms with Crippen LogP contribution < -0.4 is 5.32 Å². The van der Waals surface area contributed by atoms with Gasteiger partial charge in [0, 0.05) is 6.54 Å². The van der Waals surface area contributed by atoms with Gasteiger partial charge in [-0.2, -0.15) is 0 Å². The second-order valence-electron chi connectivity index (χ2n) is 4.34. The largest absolute Gasteiger partial charge is 0.467 e. The van der Waals surface area contributed by atoms with Crippen LogP contribution in [0.3, 0.4) is 0 Å². The zero-order valence-electron chi connectivity index (χ0n) is 13.9. The maximum Gasteiger partial charge on any atom is 0.407 e. The third-order valence-electron chi connectivity index (χ3n) is 2.36. The second-order valence-corrected chi connectivity index (χ2v) is 4.34. The van der Waals surface area contributed by atoms with E-state index in [2.05, 4.69) is 28.6 Å². The highest BCUT2D eigenvalue weighted by Crippen LogP contribution is 2.03. The Hall–Kier alpha value is -1.79. The summed E-state index contributed by atoms with van der Waals surface area (Å²) in [6.45, 7) is 7.92. The lowest BCUT2D eigenvalue weighted by Gasteiger charge is -2.27. The van der Waals surface area contributed by atoms with E-state index in [1.807, 2.05) is 6.92 Å². The number of nitrogens with one attached hydrogen (secondary N) is 1. The number of carbonyl (C=O) groups excluding carboxylic acids is 3. The zero-order valence-corrected chi connectivity index (χ0v) is 13.9. The van der Waals surface area contributed by atoms with Crippen molar-refractivity contribution in [2.24, 2.45) is 0 Å². The molecular weight excluding hydrogens is 276 g/mol. The van der Waals surface area contributed by atoms with E-state index in [0.29, 0.717) is 13.0 Å². The number of hydrogen-bond donors (Lipinski definition) is 1. The van der Waals surface area contributed by atoms with Gasteiger partial charge in [-0.1, -0.05) is 27.2 Å². The van der Waals surface area contributed by atoms with E-state index in [-0.39, 0.29) is 12.5 Å². The van der Waals surface area contributed by atoms with Gasteiger partial charge in [-0.3, -0.25) is 4.79 Å². The summed E-state index contributed by atoms with van der Waals surface area (Å²) in [4.78, 5) is 35.5. The van der Waals surface area contributed by atoms with Crippen molar-refractivity contribution in [3.05, 3.63) is 0 Å². The number of alkyl carbamates (subject to hydrolysis) is 1. The van der Waals surface area contributed by atoms with Gasteiger partial charge in [0.05, 0.1) is 14.2 Å². The summed E-state index contributed by atoms with van der Waals surface area (Å²) < 4.78 is 8.95. The maximum absolute atomic E-state index is 11.9. The van der Waals surface area contributed by atoms with Crippen molar-refractivity contribution in [1.82, 2.24) is 10.2 Å². The van der Waals surface area contributed by atoms with E-state index in [1.54, 1.807) is 6.92 Å². The molecule has 0 saturated heterocycles. The van der Waals surface area contributed by atoms with Gasteiger partial charge in [0.1, 0.15) is 12.6 Å². The summed E-state index contributed by atoms with van der Waals surface area (Å²) in [5.74, 6) is -0.852. The number of hydrogen-bond acceptors (Lipinski definition) is 5. The third-order valence-corrected chi connectivity index (χ3v) is 2.36. The lowest BCUT2D eigenvalue weighted by molar-refractivity contribution is -0.151. The molecule has 0 aromatic heterocycles. The molecule has 124 valence electrons. The average molecular weight is 304 g/mol. The van der Waals surface area contributed by atoms with Crippen molar-refractivity contribution in [2.75, 3.05) is 27.3 Å². The van der Waals surface area contributed by atoms with Gasteiger partial charge in [-0.05, 0) is 13.3 Å². The predicted octanol–water partition coefficient (Wildman–Crippen LogP) is 1.56. The van der Waals surface area contributed by atoms with Crippen LogP contribution in [-0.2, 0) is 19.1 Å². The van der Waals surface area contributed by atoms with E-state index in [1.165, 1.54) is 25.5 Å². The van der Waals surface area contributed by atoms with Gasteiger partial charge in [0.2, 0.25) is 5.91 Å². The molecule has 0 fully saturated rings. The molecule has 0 heterocycles. The molecule has 0 saturated carbocycles. The Morgan fingerprint density at radius 2 is 1.62 bits per heavy atom. The fraction of sp³-hybridized carbons (Fsp3) is 0.786. The molecule has 0 aliphatic rings. The van der Waals surface area contributed by atoms with Crippen molar-refractivity contribution in [3.63, 3.8) is 0 Å². The molecule has 0 bridgehead atoms. The first-order valence-corrected chi connectivity index (χ1v) is 7.08. The zero-order chi connectivity index (χ0) is 16.8. The van der Waals surface area contributed by atoms with Crippen molar-refractivity contribution in [2.45, 2.75) is 46.6 Å². The average Bonchev–Trinajstić information content (AvgIpc) is 2.49. The number of ether oxygens (including phenoxy) is 2. The molecule has 7 nitrogen and oxygen atoms in total. The van der Waals surface area contributed by atoms with Crippen LogP contribution in [0.4, 0.5) is 4.79 Å². The molecule has 0 aromatic carbocycles. The van der Waals surface area contributed by atoms with Crippen LogP contribution in [-0.4, -0.2) is 56.2 Å². The number of methoxy groups -OCH3 is 2. The highest BCUT2D eigenvalue weighted by molar-refractivity contribution is 5.87. The highest BCUT2D eigenvalue weighted by Gasteiger charge is 2.25. The van der Waals surface area contributed by atoms with Gasteiger partial charge >= 0.3 is 12.1 Å². The molecule has 1 atom stereocenters. The van der Waals surface area contributed by atoms with Crippen LogP contribution >= 0.6 is 0 Å². The van der Waals surface area contributed by atoms with E-state index in [9.17, 15) is 14.4 Å². The minimum atomic E-state index is -0.689. The van der Waals surface area contributed by atoms with Crippen molar-refractivity contribution >= 4 is 18.0 Å². The molecule has 0 aromatic rings. The normalized spacial score (nSPS) is 10.6. The summed E-state index contributed by atoms with van der Waals surface area (Å²) in [5, 5.41) is 2.28. The predicted molar refractivity (Wildman–Crippen MR) is 79.9 cm³/mol. The molecular formula is C14H28N2O5. The molecule has 0 radical (unpaired) electrons. The van der Waals surface area contributed by atoms with Gasteiger partial charge in [0.15, 0.2) is 0 Å². The number of carbonyl (C=O) groups is 3. The highest BCUT2D eigenvalue weighted by atomic mass is 16.5. The molecule has 2 amide bonds. The van der Waals surface area contributed by atoms with Crippen LogP contribution in [0.2, 0.25) is 0 Å². The van der Waals surface area contributed by atoms with Crippen molar-refractivity contribution < 1.29 is 23.9 Å². The first-order valence-electron chi connectivity index (χ1n) is 7.08. The minimum absolute atomic E-state index is 0.214. The van der Waals surface area contributed by atoms with E-state index in [4.69, 9.17) is 0 Å². The minimum Gasteiger partial charge on any atom is -0.467 e.